The third-order valence-electron chi connectivity index (χ3n) is 12.5. The van der Waals surface area contributed by atoms with Crippen LogP contribution in [-0.2, 0) is 37.3 Å². The second kappa shape index (κ2) is 15.8. The fourth-order valence-corrected chi connectivity index (χ4v) is 9.13. The smallest absolute Gasteiger partial charge is 0.268 e. The maximum atomic E-state index is 9.56. The van der Waals surface area contributed by atoms with Gasteiger partial charge in [0.25, 0.3) is 6.33 Å². The number of ether oxygens (including phenoxy) is 1. The maximum absolute atomic E-state index is 9.56. The van der Waals surface area contributed by atoms with Gasteiger partial charge in [-0.3, -0.25) is 4.57 Å². The Balaban J connectivity index is 0.00000626. The van der Waals surface area contributed by atoms with Gasteiger partial charge >= 0.3 is 0 Å². The van der Waals surface area contributed by atoms with Gasteiger partial charge < -0.3 is 13.9 Å². The molecule has 1 aliphatic rings. The molecule has 0 amide bonds. The Morgan fingerprint density at radius 1 is 0.576 bits per heavy atom. The number of hydrogen-bond acceptors (Lipinski definition) is 2. The molecule has 6 heteroatoms. The number of para-hydroxylation sites is 3. The van der Waals surface area contributed by atoms with Gasteiger partial charge in [0.15, 0.2) is 0 Å². The van der Waals surface area contributed by atoms with Crippen LogP contribution < -0.4 is 9.30 Å². The molecule has 5 nitrogen and oxygen atoms in total. The van der Waals surface area contributed by atoms with Crippen LogP contribution in [0.2, 0.25) is 0 Å². The number of hydrogen-bond donors (Lipinski definition) is 0. The van der Waals surface area contributed by atoms with E-state index in [9.17, 15) is 5.48 Å². The molecule has 0 bridgehead atoms. The minimum absolute atomic E-state index is 0. The first-order valence-electron chi connectivity index (χ1n) is 26.0. The van der Waals surface area contributed by atoms with E-state index in [1.807, 2.05) is 76.0 Å². The number of nitrogens with zero attached hydrogens (tertiary/aromatic N) is 4. The first kappa shape index (κ1) is 34.7. The Labute approximate surface area is 413 Å². The molecule has 11 rings (SSSR count). The third kappa shape index (κ3) is 7.20. The van der Waals surface area contributed by atoms with Crippen LogP contribution in [0.1, 0.15) is 90.0 Å². The topological polar surface area (TPSA) is 35.9 Å². The quantitative estimate of drug-likeness (QED) is 0.130. The van der Waals surface area contributed by atoms with Gasteiger partial charge in [0.1, 0.15) is 5.82 Å². The van der Waals surface area contributed by atoms with E-state index in [0.717, 1.165) is 44.3 Å². The molecule has 4 heterocycles. The van der Waals surface area contributed by atoms with E-state index in [-0.39, 0.29) is 66.2 Å². The Bertz CT molecular complexity index is 4010. The average Bonchev–Trinajstić information content (AvgIpc) is 3.91. The van der Waals surface area contributed by atoms with Crippen molar-refractivity contribution in [3.63, 3.8) is 0 Å². The van der Waals surface area contributed by atoms with Gasteiger partial charge in [0.2, 0.25) is 0 Å². The van der Waals surface area contributed by atoms with E-state index in [1.165, 1.54) is 0 Å². The van der Waals surface area contributed by atoms with Crippen molar-refractivity contribution in [3.8, 4) is 62.1 Å². The van der Waals surface area contributed by atoms with Gasteiger partial charge in [-0.05, 0) is 90.0 Å². The standard InChI is InChI=1S/C60H52N4O.Pt/c1-58(2,3)38-30-31-61-55(34-38)64-52-26-15-14-22-47(52)48-29-28-41(36-54(48)64)65-42-33-39(59(4,5)6)32-40(35-42)62-37-63-56-49(23-16-25-51(56)60(7,8)9)45-20-12-10-18-43(45)44-19-11-13-21-46(44)50-24-17-27-53(62)57(50)63;/h10-34H,1-9H3;/q-2;/i10D,11D,12D,13D,18D,19D,20D,21D;. The molecule has 330 valence electrons. The van der Waals surface area contributed by atoms with Crippen LogP contribution in [0.25, 0.3) is 83.4 Å². The molecule has 0 atom stereocenters. The normalized spacial score (nSPS) is 14.2. The summed E-state index contributed by atoms with van der Waals surface area (Å²) in [6.07, 6.45) is 5.54. The Morgan fingerprint density at radius 3 is 1.91 bits per heavy atom. The summed E-state index contributed by atoms with van der Waals surface area (Å²) >= 11 is 0. The van der Waals surface area contributed by atoms with Gasteiger partial charge in [0, 0.05) is 44.3 Å². The van der Waals surface area contributed by atoms with Gasteiger partial charge in [0.05, 0.1) is 27.7 Å². The molecule has 0 radical (unpaired) electrons. The van der Waals surface area contributed by atoms with E-state index < -0.39 is 41.7 Å². The molecule has 0 aliphatic carbocycles. The maximum Gasteiger partial charge on any atom is 0.268 e. The molecular weight excluding hydrogens is 988 g/mol. The summed E-state index contributed by atoms with van der Waals surface area (Å²) in [7, 11) is 0. The minimum Gasteiger partial charge on any atom is -0.510 e. The number of benzene rings is 7. The van der Waals surface area contributed by atoms with Crippen LogP contribution in [-0.4, -0.2) is 14.1 Å². The molecule has 0 saturated heterocycles. The molecule has 66 heavy (non-hydrogen) atoms. The summed E-state index contributed by atoms with van der Waals surface area (Å²) in [4.78, 5) is 4.86. The van der Waals surface area contributed by atoms with E-state index >= 15 is 0 Å². The summed E-state index contributed by atoms with van der Waals surface area (Å²) in [5.74, 6) is 1.67. The zero-order valence-electron chi connectivity index (χ0n) is 46.3. The van der Waals surface area contributed by atoms with Crippen molar-refractivity contribution in [1.29, 1.82) is 0 Å². The predicted molar refractivity (Wildman–Crippen MR) is 266 cm³/mol. The number of rotatable bonds is 4. The van der Waals surface area contributed by atoms with Gasteiger partial charge in [-0.15, -0.1) is 29.7 Å². The number of pyridine rings is 1. The number of fused-ring (bicyclic) bond motifs is 10. The van der Waals surface area contributed by atoms with Crippen molar-refractivity contribution in [3.05, 3.63) is 187 Å². The van der Waals surface area contributed by atoms with Gasteiger partial charge in [-0.1, -0.05) is 171 Å². The molecule has 7 aromatic carbocycles. The van der Waals surface area contributed by atoms with Crippen LogP contribution in [0, 0.1) is 18.5 Å². The minimum atomic E-state index is -0.528. The van der Waals surface area contributed by atoms with Crippen molar-refractivity contribution in [1.82, 2.24) is 14.1 Å². The summed E-state index contributed by atoms with van der Waals surface area (Å²) < 4.78 is 86.5. The molecule has 1 aliphatic heterocycles. The molecule has 10 aromatic rings. The van der Waals surface area contributed by atoms with E-state index in [4.69, 9.17) is 15.2 Å². The molecule has 0 N–H and O–H groups in total. The third-order valence-corrected chi connectivity index (χ3v) is 12.5. The van der Waals surface area contributed by atoms with Crippen molar-refractivity contribution < 1.29 is 41.3 Å². The molecule has 0 saturated carbocycles. The van der Waals surface area contributed by atoms with Crippen LogP contribution in [0.5, 0.6) is 11.5 Å². The summed E-state index contributed by atoms with van der Waals surface area (Å²) in [5.41, 5.74) is 7.13. The molecule has 0 spiro atoms. The summed E-state index contributed by atoms with van der Waals surface area (Å²) in [6, 6.07) is 35.4. The Hall–Kier alpha value is -6.55. The molecule has 0 unspecified atom stereocenters. The van der Waals surface area contributed by atoms with Crippen LogP contribution in [0.15, 0.2) is 152 Å². The molecule has 0 fully saturated rings. The SMILES string of the molecule is [2H]c1c([2H])c([2H])c2c(c1[2H])-c1cccc(C(C)(C)C)c1-[n+]1[c-]n(-c3[c-]c(Oc4[c-]c5c(cc4)c4ccccc4n5-c4cc(C(C)(C)C)ccn4)cc(C(C)(C)C)c3)c3cccc(c31)-c1c([2H])c([2H])c([2H])c([2H])c1-2.[Pt]. The fraction of sp³-hybridized carbons (Fsp3) is 0.200. The van der Waals surface area contributed by atoms with E-state index in [1.54, 1.807) is 6.07 Å². The molecule has 3 aromatic heterocycles. The zero-order valence-corrected chi connectivity index (χ0v) is 40.6. The van der Waals surface area contributed by atoms with Crippen molar-refractivity contribution in [2.24, 2.45) is 0 Å². The molecular formula is C60H52N4OPt-2. The van der Waals surface area contributed by atoms with Gasteiger partial charge in [-0.25, -0.2) is 4.98 Å². The van der Waals surface area contributed by atoms with Crippen molar-refractivity contribution in [2.75, 3.05) is 0 Å². The van der Waals surface area contributed by atoms with E-state index in [2.05, 4.69) is 116 Å². The fourth-order valence-electron chi connectivity index (χ4n) is 9.13. The second-order valence-corrected chi connectivity index (χ2v) is 20.0. The Morgan fingerprint density at radius 2 is 1.21 bits per heavy atom. The van der Waals surface area contributed by atoms with Crippen molar-refractivity contribution in [2.45, 2.75) is 78.6 Å². The van der Waals surface area contributed by atoms with Gasteiger partial charge in [-0.2, -0.15) is 17.7 Å². The average molecular weight is 1050 g/mol. The summed E-state index contributed by atoms with van der Waals surface area (Å²) in [6.45, 7) is 19.2. The first-order valence-corrected chi connectivity index (χ1v) is 22.0. The number of imidazole rings is 1. The van der Waals surface area contributed by atoms with Crippen LogP contribution in [0.4, 0.5) is 0 Å². The summed E-state index contributed by atoms with van der Waals surface area (Å²) in [5, 5.41) is 2.06. The van der Waals surface area contributed by atoms with Crippen LogP contribution >= 0.6 is 0 Å². The largest absolute Gasteiger partial charge is 0.510 e. The number of aromatic nitrogens is 4. The predicted octanol–water partition coefficient (Wildman–Crippen LogP) is 14.8. The monoisotopic (exact) mass is 1050 g/mol. The van der Waals surface area contributed by atoms with Crippen molar-refractivity contribution >= 4 is 32.8 Å². The van der Waals surface area contributed by atoms with Crippen LogP contribution in [0.3, 0.4) is 0 Å². The first-order chi connectivity index (χ1) is 34.4. The second-order valence-electron chi connectivity index (χ2n) is 20.0. The van der Waals surface area contributed by atoms with E-state index in [0.29, 0.717) is 45.0 Å². The Kier molecular flexibility index (Phi) is 8.33. The zero-order chi connectivity index (χ0) is 52.0.